The van der Waals surface area contributed by atoms with E-state index in [1.807, 2.05) is 9.80 Å². The van der Waals surface area contributed by atoms with Crippen LogP contribution in [0.5, 0.6) is 0 Å². The first-order chi connectivity index (χ1) is 21.7. The Kier molecular flexibility index (Phi) is 14.4. The molecule has 4 bridgehead atoms. The lowest BCUT2D eigenvalue weighted by atomic mass is 9.49. The Morgan fingerprint density at radius 2 is 1.41 bits per heavy atom. The van der Waals surface area contributed by atoms with Crippen molar-refractivity contribution in [2.45, 2.75) is 76.5 Å². The van der Waals surface area contributed by atoms with Crippen LogP contribution in [-0.4, -0.2) is 148 Å². The molecule has 0 radical (unpaired) electrons. The SMILES string of the molecule is COC(=O)CCSCCN(CCC12CC3CC(CC(C3)C1)C2)C(=O)N[C@@H](C)C(=O)N1CCN(C)CC1.O=C(O)[C@H](O)[C@@H](O)C(=O)O. The zero-order valence-electron chi connectivity index (χ0n) is 27.3. The van der Waals surface area contributed by atoms with Crippen LogP contribution in [0.25, 0.3) is 0 Å². The van der Waals surface area contributed by atoms with Crippen molar-refractivity contribution in [3.05, 3.63) is 0 Å². The number of methoxy groups -OCH3 is 1. The number of rotatable bonds is 14. The number of carboxylic acid groups (broad SMARTS) is 2. The van der Waals surface area contributed by atoms with Crippen LogP contribution in [0, 0.1) is 23.2 Å². The molecule has 46 heavy (non-hydrogen) atoms. The molecule has 262 valence electrons. The lowest BCUT2D eigenvalue weighted by Gasteiger charge is -2.57. The maximum atomic E-state index is 13.4. The van der Waals surface area contributed by atoms with E-state index in [9.17, 15) is 24.0 Å². The van der Waals surface area contributed by atoms with Gasteiger partial charge < -0.3 is 45.2 Å². The summed E-state index contributed by atoms with van der Waals surface area (Å²) < 4.78 is 4.73. The first kappa shape index (κ1) is 37.8. The van der Waals surface area contributed by atoms with Crippen molar-refractivity contribution in [3.8, 4) is 0 Å². The van der Waals surface area contributed by atoms with E-state index in [0.717, 1.165) is 49.6 Å². The topological polar surface area (TPSA) is 197 Å². The minimum Gasteiger partial charge on any atom is -0.479 e. The van der Waals surface area contributed by atoms with Gasteiger partial charge in [-0.25, -0.2) is 14.4 Å². The van der Waals surface area contributed by atoms with Crippen LogP contribution < -0.4 is 5.32 Å². The molecule has 0 spiro atoms. The Balaban J connectivity index is 0.000000498. The number of esters is 1. The van der Waals surface area contributed by atoms with Gasteiger partial charge in [-0.15, -0.1) is 0 Å². The molecule has 5 aliphatic rings. The highest BCUT2D eigenvalue weighted by Crippen LogP contribution is 2.61. The minimum absolute atomic E-state index is 0.00457. The van der Waals surface area contributed by atoms with E-state index in [1.165, 1.54) is 45.6 Å². The summed E-state index contributed by atoms with van der Waals surface area (Å²) in [5.74, 6) is 0.419. The zero-order valence-corrected chi connectivity index (χ0v) is 28.1. The van der Waals surface area contributed by atoms with E-state index < -0.39 is 30.2 Å². The number of carboxylic acids is 2. The lowest BCUT2D eigenvalue weighted by molar-refractivity contribution is -0.165. The van der Waals surface area contributed by atoms with E-state index in [0.29, 0.717) is 37.2 Å². The van der Waals surface area contributed by atoms with Gasteiger partial charge in [0, 0.05) is 50.8 Å². The molecule has 0 aromatic heterocycles. The highest BCUT2D eigenvalue weighted by atomic mass is 32.2. The molecule has 15 heteroatoms. The van der Waals surface area contributed by atoms with E-state index in [-0.39, 0.29) is 17.9 Å². The maximum Gasteiger partial charge on any atom is 0.335 e. The Morgan fingerprint density at radius 1 is 0.891 bits per heavy atom. The second kappa shape index (κ2) is 17.5. The van der Waals surface area contributed by atoms with Gasteiger partial charge in [0.05, 0.1) is 13.5 Å². The van der Waals surface area contributed by atoms with Gasteiger partial charge in [-0.3, -0.25) is 9.59 Å². The molecule has 1 heterocycles. The maximum absolute atomic E-state index is 13.4. The van der Waals surface area contributed by atoms with Crippen molar-refractivity contribution in [2.24, 2.45) is 23.2 Å². The molecule has 4 aliphatic carbocycles. The number of likely N-dealkylation sites (N-methyl/N-ethyl adjacent to an activating group) is 1. The molecule has 5 rings (SSSR count). The summed E-state index contributed by atoms with van der Waals surface area (Å²) in [5, 5.41) is 35.5. The molecular weight excluding hydrogens is 620 g/mol. The fraction of sp³-hybridized carbons (Fsp3) is 0.839. The Labute approximate surface area is 275 Å². The predicted molar refractivity (Wildman–Crippen MR) is 170 cm³/mol. The lowest BCUT2D eigenvalue weighted by Crippen LogP contribution is -2.55. The number of carbonyl (C=O) groups excluding carboxylic acids is 3. The molecule has 0 aromatic rings. The number of ether oxygens (including phenoxy) is 1. The van der Waals surface area contributed by atoms with Crippen LogP contribution in [0.2, 0.25) is 0 Å². The van der Waals surface area contributed by atoms with Crippen LogP contribution in [0.1, 0.15) is 58.3 Å². The first-order valence-electron chi connectivity index (χ1n) is 16.2. The average Bonchev–Trinajstić information content (AvgIpc) is 3.00. The summed E-state index contributed by atoms with van der Waals surface area (Å²) in [6, 6.07) is -0.668. The standard InChI is InChI=1S/C27H46N4O4S.C4H6O6/c1-20(25(33)30-9-7-29(2)8-10-30)28-26(34)31(11-13-36-12-4-24(32)35-3)6-5-27-17-21-14-22(18-27)16-23(15-21)19-27;5-1(3(7)8)2(6)4(9)10/h20-23H,4-19H2,1-3H3,(H,28,34);1-2,5-6H,(H,7,8)(H,9,10)/t20-,21?,22?,23?,27?;1-,2-/m01/s1. The Bertz CT molecular complexity index is 1020. The van der Waals surface area contributed by atoms with Crippen LogP contribution in [-0.2, 0) is 23.9 Å². The predicted octanol–water partition coefficient (Wildman–Crippen LogP) is 0.941. The third-order valence-electron chi connectivity index (χ3n) is 9.88. The largest absolute Gasteiger partial charge is 0.479 e. The van der Waals surface area contributed by atoms with Crippen LogP contribution >= 0.6 is 11.8 Å². The van der Waals surface area contributed by atoms with Crippen molar-refractivity contribution in [2.75, 3.05) is 64.9 Å². The summed E-state index contributed by atoms with van der Waals surface area (Å²) in [6.07, 6.45) is 5.19. The summed E-state index contributed by atoms with van der Waals surface area (Å²) in [4.78, 5) is 63.3. The Morgan fingerprint density at radius 3 is 1.89 bits per heavy atom. The zero-order chi connectivity index (χ0) is 34.0. The summed E-state index contributed by atoms with van der Waals surface area (Å²) in [5.41, 5.74) is 0.409. The van der Waals surface area contributed by atoms with Gasteiger partial charge in [0.2, 0.25) is 5.91 Å². The normalized spacial score (nSPS) is 27.1. The fourth-order valence-electron chi connectivity index (χ4n) is 7.73. The molecule has 5 N–H and O–H groups in total. The quantitative estimate of drug-likeness (QED) is 0.130. The third-order valence-corrected chi connectivity index (χ3v) is 10.8. The number of nitrogens with zero attached hydrogens (tertiary/aromatic N) is 3. The summed E-state index contributed by atoms with van der Waals surface area (Å²) >= 11 is 1.67. The molecule has 0 aromatic carbocycles. The number of hydrogen-bond acceptors (Lipinski definition) is 10. The molecule has 1 saturated heterocycles. The molecular formula is C31H52N4O10S. The smallest absolute Gasteiger partial charge is 0.335 e. The second-order valence-corrected chi connectivity index (χ2v) is 14.7. The van der Waals surface area contributed by atoms with E-state index in [4.69, 9.17) is 25.2 Å². The van der Waals surface area contributed by atoms with Crippen molar-refractivity contribution in [1.82, 2.24) is 20.0 Å². The van der Waals surface area contributed by atoms with Gasteiger partial charge in [-0.2, -0.15) is 11.8 Å². The number of aliphatic hydroxyl groups is 2. The van der Waals surface area contributed by atoms with Gasteiger partial charge in [0.1, 0.15) is 6.04 Å². The van der Waals surface area contributed by atoms with Crippen molar-refractivity contribution in [1.29, 1.82) is 0 Å². The number of piperazine rings is 1. The molecule has 14 nitrogen and oxygen atoms in total. The third kappa shape index (κ3) is 11.0. The van der Waals surface area contributed by atoms with E-state index in [1.54, 1.807) is 18.7 Å². The van der Waals surface area contributed by atoms with E-state index in [2.05, 4.69) is 17.3 Å². The van der Waals surface area contributed by atoms with Crippen molar-refractivity contribution in [3.63, 3.8) is 0 Å². The number of hydrogen-bond donors (Lipinski definition) is 5. The first-order valence-corrected chi connectivity index (χ1v) is 17.4. The summed E-state index contributed by atoms with van der Waals surface area (Å²) in [6.45, 7) is 6.33. The minimum atomic E-state index is -2.27. The van der Waals surface area contributed by atoms with Crippen molar-refractivity contribution >= 4 is 41.6 Å². The highest BCUT2D eigenvalue weighted by molar-refractivity contribution is 7.99. The van der Waals surface area contributed by atoms with E-state index >= 15 is 0 Å². The van der Waals surface area contributed by atoms with Crippen LogP contribution in [0.4, 0.5) is 4.79 Å². The number of amides is 3. The average molecular weight is 673 g/mol. The fourth-order valence-corrected chi connectivity index (χ4v) is 8.59. The number of urea groups is 1. The number of carbonyl (C=O) groups is 5. The van der Waals surface area contributed by atoms with Gasteiger partial charge in [-0.1, -0.05) is 0 Å². The number of thioether (sulfide) groups is 1. The highest BCUT2D eigenvalue weighted by Gasteiger charge is 2.50. The molecule has 5 fully saturated rings. The molecule has 1 aliphatic heterocycles. The second-order valence-electron chi connectivity index (χ2n) is 13.5. The molecule has 4 saturated carbocycles. The number of nitrogens with one attached hydrogen (secondary N) is 1. The molecule has 3 amide bonds. The number of aliphatic carboxylic acids is 2. The van der Waals surface area contributed by atoms with Crippen LogP contribution in [0.15, 0.2) is 0 Å². The number of aliphatic hydroxyl groups excluding tert-OH is 2. The molecule has 0 unspecified atom stereocenters. The summed E-state index contributed by atoms with van der Waals surface area (Å²) in [7, 11) is 3.48. The van der Waals surface area contributed by atoms with Crippen LogP contribution in [0.3, 0.4) is 0 Å². The molecule has 3 atom stereocenters. The Hall–Kier alpha value is -2.62. The van der Waals surface area contributed by atoms with Gasteiger partial charge in [0.25, 0.3) is 0 Å². The van der Waals surface area contributed by atoms with Gasteiger partial charge in [0.15, 0.2) is 12.2 Å². The van der Waals surface area contributed by atoms with Gasteiger partial charge in [-0.05, 0) is 82.1 Å². The van der Waals surface area contributed by atoms with Crippen molar-refractivity contribution < 1.29 is 49.1 Å². The van der Waals surface area contributed by atoms with Gasteiger partial charge >= 0.3 is 23.9 Å². The monoisotopic (exact) mass is 672 g/mol.